The average Bonchev–Trinajstić information content (AvgIpc) is 2.63. The Morgan fingerprint density at radius 2 is 1.96 bits per heavy atom. The maximum absolute atomic E-state index is 12.5. The van der Waals surface area contributed by atoms with Crippen LogP contribution in [0.3, 0.4) is 0 Å². The lowest BCUT2D eigenvalue weighted by Crippen LogP contribution is -2.44. The topological polar surface area (TPSA) is 75.5 Å². The van der Waals surface area contributed by atoms with E-state index < -0.39 is 0 Å². The molecule has 27 heavy (non-hydrogen) atoms. The standard InChI is InChI=1S/C19H30N6O2/c1-14(2)21-18-17-15(20-13-24(4)19(17)26)12-16(22-18)27-11-5-6-25-9-7-23(3)8-10-25/h12-14H,5-11H2,1-4H3,(H,21,22). The summed E-state index contributed by atoms with van der Waals surface area (Å²) in [7, 11) is 3.85. The normalized spacial score (nSPS) is 16.2. The fraction of sp³-hybridized carbons (Fsp3) is 0.632. The number of rotatable bonds is 7. The summed E-state index contributed by atoms with van der Waals surface area (Å²) in [6.07, 6.45) is 2.47. The molecule has 3 rings (SSSR count). The Kier molecular flexibility index (Phi) is 6.28. The lowest BCUT2D eigenvalue weighted by atomic mass is 10.2. The molecular weight excluding hydrogens is 344 g/mol. The first kappa shape index (κ1) is 19.6. The molecule has 8 heteroatoms. The summed E-state index contributed by atoms with van der Waals surface area (Å²) in [6, 6.07) is 1.90. The van der Waals surface area contributed by atoms with E-state index in [1.807, 2.05) is 13.8 Å². The van der Waals surface area contributed by atoms with Gasteiger partial charge in [-0.1, -0.05) is 0 Å². The number of fused-ring (bicyclic) bond motifs is 1. The number of pyridine rings is 1. The van der Waals surface area contributed by atoms with E-state index in [1.54, 1.807) is 13.1 Å². The SMILES string of the molecule is CC(C)Nc1nc(OCCCN2CCN(C)CC2)cc2ncn(C)c(=O)c12. The highest BCUT2D eigenvalue weighted by Crippen LogP contribution is 2.22. The monoisotopic (exact) mass is 374 g/mol. The summed E-state index contributed by atoms with van der Waals surface area (Å²) in [6.45, 7) is 10.1. The maximum Gasteiger partial charge on any atom is 0.264 e. The Bertz CT molecular complexity index is 827. The van der Waals surface area contributed by atoms with Crippen LogP contribution >= 0.6 is 0 Å². The number of ether oxygens (including phenoxy) is 1. The fourth-order valence-electron chi connectivity index (χ4n) is 3.19. The fourth-order valence-corrected chi connectivity index (χ4v) is 3.19. The van der Waals surface area contributed by atoms with Crippen LogP contribution in [0.25, 0.3) is 10.9 Å². The van der Waals surface area contributed by atoms with Crippen LogP contribution in [0.1, 0.15) is 20.3 Å². The number of aryl methyl sites for hydroxylation is 1. The van der Waals surface area contributed by atoms with Crippen LogP contribution in [-0.2, 0) is 7.05 Å². The van der Waals surface area contributed by atoms with Crippen molar-refractivity contribution in [3.8, 4) is 5.88 Å². The van der Waals surface area contributed by atoms with Crippen LogP contribution in [0.15, 0.2) is 17.2 Å². The molecule has 148 valence electrons. The number of nitrogens with one attached hydrogen (secondary N) is 1. The molecule has 0 radical (unpaired) electrons. The number of piperazine rings is 1. The summed E-state index contributed by atoms with van der Waals surface area (Å²) in [4.78, 5) is 26.2. The first-order chi connectivity index (χ1) is 12.9. The molecule has 1 saturated heterocycles. The van der Waals surface area contributed by atoms with E-state index >= 15 is 0 Å². The Morgan fingerprint density at radius 1 is 1.22 bits per heavy atom. The van der Waals surface area contributed by atoms with Crippen LogP contribution in [0, 0.1) is 0 Å². The van der Waals surface area contributed by atoms with Crippen molar-refractivity contribution in [1.82, 2.24) is 24.3 Å². The summed E-state index contributed by atoms with van der Waals surface area (Å²) < 4.78 is 7.35. The average molecular weight is 374 g/mol. The third kappa shape index (κ3) is 4.95. The molecule has 2 aromatic rings. The minimum Gasteiger partial charge on any atom is -0.478 e. The number of aromatic nitrogens is 3. The zero-order chi connectivity index (χ0) is 19.4. The van der Waals surface area contributed by atoms with Gasteiger partial charge in [0.25, 0.3) is 5.56 Å². The largest absolute Gasteiger partial charge is 0.478 e. The van der Waals surface area contributed by atoms with Crippen LogP contribution in [-0.4, -0.2) is 76.8 Å². The second-order valence-corrected chi connectivity index (χ2v) is 7.51. The van der Waals surface area contributed by atoms with Gasteiger partial charge >= 0.3 is 0 Å². The lowest BCUT2D eigenvalue weighted by molar-refractivity contribution is 0.145. The Balaban J connectivity index is 1.67. The highest BCUT2D eigenvalue weighted by Gasteiger charge is 2.15. The molecule has 0 aromatic carbocycles. The maximum atomic E-state index is 12.5. The van der Waals surface area contributed by atoms with Crippen molar-refractivity contribution < 1.29 is 4.74 Å². The molecule has 1 aliphatic heterocycles. The van der Waals surface area contributed by atoms with E-state index in [2.05, 4.69) is 32.1 Å². The number of hydrogen-bond acceptors (Lipinski definition) is 7. The quantitative estimate of drug-likeness (QED) is 0.729. The zero-order valence-corrected chi connectivity index (χ0v) is 16.7. The zero-order valence-electron chi connectivity index (χ0n) is 16.7. The highest BCUT2D eigenvalue weighted by atomic mass is 16.5. The second-order valence-electron chi connectivity index (χ2n) is 7.51. The van der Waals surface area contributed by atoms with Crippen molar-refractivity contribution in [3.05, 3.63) is 22.7 Å². The Hall–Kier alpha value is -2.19. The molecular formula is C19H30N6O2. The second kappa shape index (κ2) is 8.67. The van der Waals surface area contributed by atoms with Gasteiger partial charge in [-0.25, -0.2) is 4.98 Å². The van der Waals surface area contributed by atoms with Crippen molar-refractivity contribution in [1.29, 1.82) is 0 Å². The van der Waals surface area contributed by atoms with Crippen molar-refractivity contribution in [2.24, 2.45) is 7.05 Å². The van der Waals surface area contributed by atoms with Gasteiger partial charge in [0.15, 0.2) is 0 Å². The minimum absolute atomic E-state index is 0.114. The van der Waals surface area contributed by atoms with Gasteiger partial charge in [0.05, 0.1) is 18.5 Å². The van der Waals surface area contributed by atoms with Crippen LogP contribution in [0.5, 0.6) is 5.88 Å². The molecule has 0 amide bonds. The van der Waals surface area contributed by atoms with E-state index in [-0.39, 0.29) is 11.6 Å². The number of nitrogens with zero attached hydrogens (tertiary/aromatic N) is 5. The summed E-state index contributed by atoms with van der Waals surface area (Å²) in [5.74, 6) is 1.04. The van der Waals surface area contributed by atoms with E-state index in [0.29, 0.717) is 29.2 Å². The van der Waals surface area contributed by atoms with E-state index in [4.69, 9.17) is 4.74 Å². The van der Waals surface area contributed by atoms with Crippen molar-refractivity contribution >= 4 is 16.7 Å². The molecule has 3 heterocycles. The number of anilines is 1. The van der Waals surface area contributed by atoms with E-state index in [1.165, 1.54) is 10.9 Å². The van der Waals surface area contributed by atoms with Crippen molar-refractivity contribution in [2.75, 3.05) is 51.7 Å². The molecule has 0 atom stereocenters. The lowest BCUT2D eigenvalue weighted by Gasteiger charge is -2.32. The van der Waals surface area contributed by atoms with Gasteiger partial charge in [0.1, 0.15) is 11.2 Å². The van der Waals surface area contributed by atoms with Gasteiger partial charge in [-0.3, -0.25) is 4.79 Å². The molecule has 1 aliphatic rings. The van der Waals surface area contributed by atoms with Gasteiger partial charge in [0, 0.05) is 51.9 Å². The third-order valence-corrected chi connectivity index (χ3v) is 4.77. The first-order valence-corrected chi connectivity index (χ1v) is 9.60. The van der Waals surface area contributed by atoms with Crippen LogP contribution in [0.4, 0.5) is 5.82 Å². The smallest absolute Gasteiger partial charge is 0.264 e. The third-order valence-electron chi connectivity index (χ3n) is 4.77. The van der Waals surface area contributed by atoms with Crippen molar-refractivity contribution in [2.45, 2.75) is 26.3 Å². The van der Waals surface area contributed by atoms with Gasteiger partial charge in [-0.15, -0.1) is 0 Å². The summed E-state index contributed by atoms with van der Waals surface area (Å²) in [5, 5.41) is 3.74. The predicted molar refractivity (Wildman–Crippen MR) is 108 cm³/mol. The minimum atomic E-state index is -0.114. The van der Waals surface area contributed by atoms with Crippen LogP contribution < -0.4 is 15.6 Å². The number of hydrogen-bond donors (Lipinski definition) is 1. The molecule has 0 spiro atoms. The van der Waals surface area contributed by atoms with Gasteiger partial charge in [0.2, 0.25) is 5.88 Å². The predicted octanol–water partition coefficient (Wildman–Crippen LogP) is 1.17. The highest BCUT2D eigenvalue weighted by molar-refractivity contribution is 5.89. The number of likely N-dealkylation sites (N-methyl/N-ethyl adjacent to an activating group) is 1. The molecule has 0 bridgehead atoms. The first-order valence-electron chi connectivity index (χ1n) is 9.60. The molecule has 8 nitrogen and oxygen atoms in total. The van der Waals surface area contributed by atoms with Crippen molar-refractivity contribution in [3.63, 3.8) is 0 Å². The molecule has 2 aromatic heterocycles. The van der Waals surface area contributed by atoms with Gasteiger partial charge < -0.3 is 24.4 Å². The van der Waals surface area contributed by atoms with Crippen LogP contribution in [0.2, 0.25) is 0 Å². The van der Waals surface area contributed by atoms with E-state index in [0.717, 1.165) is 39.1 Å². The molecule has 0 saturated carbocycles. The molecule has 1 N–H and O–H groups in total. The van der Waals surface area contributed by atoms with E-state index in [9.17, 15) is 4.79 Å². The Morgan fingerprint density at radius 3 is 2.67 bits per heavy atom. The van der Waals surface area contributed by atoms with Gasteiger partial charge in [-0.05, 0) is 27.3 Å². The molecule has 0 aliphatic carbocycles. The Labute approximate surface area is 160 Å². The summed E-state index contributed by atoms with van der Waals surface area (Å²) in [5.41, 5.74) is 0.489. The molecule has 1 fully saturated rings. The summed E-state index contributed by atoms with van der Waals surface area (Å²) >= 11 is 0. The molecule has 0 unspecified atom stereocenters. The van der Waals surface area contributed by atoms with Gasteiger partial charge in [-0.2, -0.15) is 4.98 Å².